The molecule has 0 atom stereocenters. The second-order valence-electron chi connectivity index (χ2n) is 3.45. The highest BCUT2D eigenvalue weighted by Gasteiger charge is 1.95. The van der Waals surface area contributed by atoms with E-state index < -0.39 is 0 Å². The number of pyridine rings is 1. The molecule has 0 fully saturated rings. The summed E-state index contributed by atoms with van der Waals surface area (Å²) in [5, 5.41) is 3.31. The molecule has 0 bridgehead atoms. The minimum absolute atomic E-state index is 0.551. The van der Waals surface area contributed by atoms with Gasteiger partial charge in [-0.25, -0.2) is 4.98 Å². The Morgan fingerprint density at radius 2 is 1.94 bits per heavy atom. The number of anilines is 2. The van der Waals surface area contributed by atoms with Gasteiger partial charge in [0.15, 0.2) is 0 Å². The molecular formula is C12H12BrN3. The molecule has 0 aliphatic carbocycles. The fourth-order valence-corrected chi connectivity index (χ4v) is 1.64. The summed E-state index contributed by atoms with van der Waals surface area (Å²) >= 11 is 3.40. The molecule has 3 nitrogen and oxygen atoms in total. The van der Waals surface area contributed by atoms with Gasteiger partial charge in [-0.05, 0) is 42.0 Å². The summed E-state index contributed by atoms with van der Waals surface area (Å²) in [7, 11) is 0. The lowest BCUT2D eigenvalue weighted by molar-refractivity contribution is 1.13. The molecule has 16 heavy (non-hydrogen) atoms. The molecule has 0 aliphatic heterocycles. The zero-order chi connectivity index (χ0) is 11.4. The molecule has 0 unspecified atom stereocenters. The normalized spacial score (nSPS) is 10.1. The lowest BCUT2D eigenvalue weighted by atomic mass is 10.2. The molecule has 1 aromatic carbocycles. The van der Waals surface area contributed by atoms with Crippen molar-refractivity contribution < 1.29 is 0 Å². The number of nitrogens with two attached hydrogens (primary N) is 1. The first kappa shape index (κ1) is 11.0. The molecule has 4 heteroatoms. The van der Waals surface area contributed by atoms with E-state index in [1.807, 2.05) is 36.4 Å². The van der Waals surface area contributed by atoms with E-state index in [0.29, 0.717) is 5.82 Å². The highest BCUT2D eigenvalue weighted by Crippen LogP contribution is 2.15. The molecule has 0 radical (unpaired) electrons. The summed E-state index contributed by atoms with van der Waals surface area (Å²) in [5.74, 6) is 0.551. The molecule has 0 amide bonds. The second kappa shape index (κ2) is 4.99. The summed E-state index contributed by atoms with van der Waals surface area (Å²) < 4.78 is 1.08. The first-order valence-corrected chi connectivity index (χ1v) is 5.73. The number of aromatic nitrogens is 1. The Hall–Kier alpha value is -1.55. The van der Waals surface area contributed by atoms with Crippen LogP contribution >= 0.6 is 15.9 Å². The van der Waals surface area contributed by atoms with E-state index in [2.05, 4.69) is 26.2 Å². The van der Waals surface area contributed by atoms with E-state index in [-0.39, 0.29) is 0 Å². The minimum atomic E-state index is 0.551. The van der Waals surface area contributed by atoms with Crippen molar-refractivity contribution in [1.82, 2.24) is 4.98 Å². The van der Waals surface area contributed by atoms with Crippen molar-refractivity contribution >= 4 is 27.4 Å². The largest absolute Gasteiger partial charge is 0.384 e. The molecular weight excluding hydrogens is 266 g/mol. The van der Waals surface area contributed by atoms with Crippen LogP contribution < -0.4 is 11.1 Å². The van der Waals surface area contributed by atoms with Crippen LogP contribution in [0.15, 0.2) is 47.1 Å². The molecule has 0 saturated carbocycles. The summed E-state index contributed by atoms with van der Waals surface area (Å²) in [6.45, 7) is 0.744. The van der Waals surface area contributed by atoms with Crippen LogP contribution in [0.2, 0.25) is 0 Å². The van der Waals surface area contributed by atoms with Crippen LogP contribution in [0.4, 0.5) is 11.5 Å². The molecule has 1 aromatic heterocycles. The Morgan fingerprint density at radius 3 is 2.62 bits per heavy atom. The fraction of sp³-hybridized carbons (Fsp3) is 0.0833. The number of rotatable bonds is 3. The number of hydrogen-bond donors (Lipinski definition) is 2. The number of nitrogens with zero attached hydrogens (tertiary/aromatic N) is 1. The summed E-state index contributed by atoms with van der Waals surface area (Å²) in [4.78, 5) is 3.95. The second-order valence-corrected chi connectivity index (χ2v) is 4.37. The van der Waals surface area contributed by atoms with E-state index in [9.17, 15) is 0 Å². The van der Waals surface area contributed by atoms with Gasteiger partial charge in [0.25, 0.3) is 0 Å². The van der Waals surface area contributed by atoms with E-state index in [0.717, 1.165) is 22.3 Å². The number of halogens is 1. The minimum Gasteiger partial charge on any atom is -0.384 e. The van der Waals surface area contributed by atoms with Crippen molar-refractivity contribution in [3.63, 3.8) is 0 Å². The van der Waals surface area contributed by atoms with Crippen molar-refractivity contribution in [2.24, 2.45) is 0 Å². The first-order chi connectivity index (χ1) is 7.74. The molecule has 0 spiro atoms. The van der Waals surface area contributed by atoms with Crippen molar-refractivity contribution in [2.45, 2.75) is 6.54 Å². The lowest BCUT2D eigenvalue weighted by Crippen LogP contribution is -2.00. The van der Waals surface area contributed by atoms with E-state index in [4.69, 9.17) is 5.73 Å². The van der Waals surface area contributed by atoms with Gasteiger partial charge in [-0.1, -0.05) is 15.9 Å². The van der Waals surface area contributed by atoms with Crippen molar-refractivity contribution in [3.8, 4) is 0 Å². The molecule has 1 heterocycles. The molecule has 0 saturated heterocycles. The lowest BCUT2D eigenvalue weighted by Gasteiger charge is -2.06. The fourth-order valence-electron chi connectivity index (χ4n) is 1.38. The SMILES string of the molecule is Nc1cc(CNc2ccc(Br)cc2)ccn1. The van der Waals surface area contributed by atoms with Gasteiger partial charge in [0.1, 0.15) is 5.82 Å². The zero-order valence-electron chi connectivity index (χ0n) is 8.65. The maximum atomic E-state index is 5.60. The highest BCUT2D eigenvalue weighted by atomic mass is 79.9. The molecule has 3 N–H and O–H groups in total. The third-order valence-electron chi connectivity index (χ3n) is 2.19. The van der Waals surface area contributed by atoms with Crippen LogP contribution in [-0.4, -0.2) is 4.98 Å². The van der Waals surface area contributed by atoms with Gasteiger partial charge in [-0.3, -0.25) is 0 Å². The molecule has 2 rings (SSSR count). The van der Waals surface area contributed by atoms with Crippen molar-refractivity contribution in [3.05, 3.63) is 52.6 Å². The first-order valence-electron chi connectivity index (χ1n) is 4.94. The number of nitrogens with one attached hydrogen (secondary N) is 1. The van der Waals surface area contributed by atoms with E-state index in [1.54, 1.807) is 6.20 Å². The van der Waals surface area contributed by atoms with Gasteiger partial charge in [0.05, 0.1) is 0 Å². The van der Waals surface area contributed by atoms with Crippen molar-refractivity contribution in [2.75, 3.05) is 11.1 Å². The third-order valence-corrected chi connectivity index (χ3v) is 2.72. The number of hydrogen-bond acceptors (Lipinski definition) is 3. The quantitative estimate of drug-likeness (QED) is 0.907. The van der Waals surface area contributed by atoms with Crippen LogP contribution in [0.3, 0.4) is 0 Å². The van der Waals surface area contributed by atoms with Crippen LogP contribution in [0.5, 0.6) is 0 Å². The predicted molar refractivity (Wildman–Crippen MR) is 70.1 cm³/mol. The maximum Gasteiger partial charge on any atom is 0.123 e. The number of nitrogen functional groups attached to an aromatic ring is 1. The van der Waals surface area contributed by atoms with Crippen LogP contribution in [0.1, 0.15) is 5.56 Å². The standard InChI is InChI=1S/C12H12BrN3/c13-10-1-3-11(4-2-10)16-8-9-5-6-15-12(14)7-9/h1-7,16H,8H2,(H2,14,15). The van der Waals surface area contributed by atoms with Gasteiger partial charge in [0.2, 0.25) is 0 Å². The average molecular weight is 278 g/mol. The Balaban J connectivity index is 1.99. The van der Waals surface area contributed by atoms with Gasteiger partial charge in [0, 0.05) is 22.9 Å². The third kappa shape index (κ3) is 2.97. The topological polar surface area (TPSA) is 50.9 Å². The zero-order valence-corrected chi connectivity index (χ0v) is 10.2. The molecule has 2 aromatic rings. The molecule has 0 aliphatic rings. The maximum absolute atomic E-state index is 5.60. The Labute approximate surface area is 103 Å². The van der Waals surface area contributed by atoms with Crippen LogP contribution in [-0.2, 0) is 6.54 Å². The van der Waals surface area contributed by atoms with E-state index >= 15 is 0 Å². The van der Waals surface area contributed by atoms with Crippen LogP contribution in [0.25, 0.3) is 0 Å². The summed E-state index contributed by atoms with van der Waals surface area (Å²) in [6, 6.07) is 11.9. The van der Waals surface area contributed by atoms with Gasteiger partial charge in [-0.15, -0.1) is 0 Å². The molecule has 82 valence electrons. The Kier molecular flexibility index (Phi) is 3.41. The smallest absolute Gasteiger partial charge is 0.123 e. The van der Waals surface area contributed by atoms with Gasteiger partial charge >= 0.3 is 0 Å². The van der Waals surface area contributed by atoms with Gasteiger partial charge < -0.3 is 11.1 Å². The van der Waals surface area contributed by atoms with E-state index in [1.165, 1.54) is 0 Å². The van der Waals surface area contributed by atoms with Gasteiger partial charge in [-0.2, -0.15) is 0 Å². The predicted octanol–water partition coefficient (Wildman–Crippen LogP) is 3.04. The summed E-state index contributed by atoms with van der Waals surface area (Å²) in [6.07, 6.45) is 1.72. The average Bonchev–Trinajstić information content (AvgIpc) is 2.28. The van der Waals surface area contributed by atoms with Crippen LogP contribution in [0, 0.1) is 0 Å². The Morgan fingerprint density at radius 1 is 1.19 bits per heavy atom. The van der Waals surface area contributed by atoms with Crippen molar-refractivity contribution in [1.29, 1.82) is 0 Å². The summed E-state index contributed by atoms with van der Waals surface area (Å²) in [5.41, 5.74) is 7.81. The monoisotopic (exact) mass is 277 g/mol. The Bertz CT molecular complexity index is 468. The number of benzene rings is 1. The highest BCUT2D eigenvalue weighted by molar-refractivity contribution is 9.10.